The van der Waals surface area contributed by atoms with Crippen molar-refractivity contribution in [2.24, 2.45) is 0 Å². The number of rotatable bonds is 6. The summed E-state index contributed by atoms with van der Waals surface area (Å²) in [6.07, 6.45) is -4.69. The van der Waals surface area contributed by atoms with Crippen molar-refractivity contribution >= 4 is 61.6 Å². The molecule has 0 aromatic carbocycles. The zero-order valence-electron chi connectivity index (χ0n) is 11.4. The molecule has 0 amide bonds. The van der Waals surface area contributed by atoms with E-state index in [0.29, 0.717) is 0 Å². The van der Waals surface area contributed by atoms with E-state index in [1.165, 1.54) is 0 Å². The fraction of sp³-hybridized carbons (Fsp3) is 0.600. The van der Waals surface area contributed by atoms with Gasteiger partial charge in [-0.1, -0.05) is 0 Å². The van der Waals surface area contributed by atoms with E-state index >= 15 is 0 Å². The minimum atomic E-state index is -1.62. The normalized spacial score (nSPS) is 11.6. The molecule has 0 aliphatic carbocycles. The molecule has 0 aromatic heterocycles. The number of hydrogen-bond acceptors (Lipinski definition) is 10. The first-order valence-electron chi connectivity index (χ1n) is 5.07. The van der Waals surface area contributed by atoms with Crippen LogP contribution in [0.15, 0.2) is 0 Å². The Morgan fingerprint density at radius 2 is 1.10 bits per heavy atom. The number of esters is 2. The minimum Gasteiger partial charge on any atom is -0.550 e. The van der Waals surface area contributed by atoms with Crippen molar-refractivity contribution in [2.75, 3.05) is 14.2 Å². The van der Waals surface area contributed by atoms with Crippen LogP contribution in [0.2, 0.25) is 0 Å². The van der Waals surface area contributed by atoms with Gasteiger partial charge in [0.15, 0.2) is 12.2 Å². The van der Waals surface area contributed by atoms with E-state index in [2.05, 4.69) is 9.47 Å². The number of carbonyl (C=O) groups excluding carboxylic acids is 4. The number of carboxylic acids is 2. The molecule has 2 atom stereocenters. The number of methoxy groups -OCH3 is 2. The molecular weight excluding hydrogens is 320 g/mol. The number of ether oxygens (including phenoxy) is 2. The molecule has 0 rings (SSSR count). The molecule has 10 nitrogen and oxygen atoms in total. The van der Waals surface area contributed by atoms with Crippen LogP contribution in [0.1, 0.15) is 12.8 Å². The maximum atomic E-state index is 10.3. The molecule has 11 heteroatoms. The molecule has 0 aliphatic rings. The summed E-state index contributed by atoms with van der Waals surface area (Å²) in [5, 5.41) is 36.7. The van der Waals surface area contributed by atoms with Crippen LogP contribution in [0.5, 0.6) is 0 Å². The first-order valence-corrected chi connectivity index (χ1v) is 5.07. The van der Waals surface area contributed by atoms with Gasteiger partial charge in [0.05, 0.1) is 14.2 Å². The van der Waals surface area contributed by atoms with Crippen LogP contribution in [-0.4, -0.2) is 98.3 Å². The van der Waals surface area contributed by atoms with Crippen molar-refractivity contribution in [2.45, 2.75) is 25.0 Å². The van der Waals surface area contributed by atoms with Crippen molar-refractivity contribution in [1.29, 1.82) is 0 Å². The number of aliphatic carboxylic acids is 2. The molecule has 0 aromatic rings. The van der Waals surface area contributed by atoms with E-state index in [1.807, 2.05) is 0 Å². The summed E-state index contributed by atoms with van der Waals surface area (Å²) in [6, 6.07) is 0. The van der Waals surface area contributed by atoms with E-state index in [0.717, 1.165) is 14.2 Å². The van der Waals surface area contributed by atoms with Crippen LogP contribution in [0, 0.1) is 0 Å². The molecule has 0 saturated carbocycles. The van der Waals surface area contributed by atoms with Gasteiger partial charge in [-0.3, -0.25) is 0 Å². The Balaban J connectivity index is -0.000000295. The summed E-state index contributed by atoms with van der Waals surface area (Å²) in [5.41, 5.74) is 0. The summed E-state index contributed by atoms with van der Waals surface area (Å²) in [7, 11) is 2.11. The first kappa shape index (κ1) is 25.0. The number of hydrogen-bond donors (Lipinski definition) is 2. The summed E-state index contributed by atoms with van der Waals surface area (Å²) < 4.78 is 8.07. The number of carboxylic acid groups (broad SMARTS) is 2. The summed E-state index contributed by atoms with van der Waals surface area (Å²) >= 11 is 0. The minimum absolute atomic E-state index is 0. The average molecular weight is 334 g/mol. The van der Waals surface area contributed by atoms with Crippen molar-refractivity contribution in [1.82, 2.24) is 0 Å². The van der Waals surface area contributed by atoms with Gasteiger partial charge in [-0.2, -0.15) is 0 Å². The predicted octanol–water partition coefficient (Wildman–Crippen LogP) is -5.06. The van der Waals surface area contributed by atoms with Crippen molar-refractivity contribution < 1.29 is 49.1 Å². The standard InChI is InChI=1S/2C5H8O5.Ca/c2*1-10-5(9)3(6)2-4(7)8;/h2*3,6H,2H2,1H3,(H,7,8);/q;;+2/p-2. The van der Waals surface area contributed by atoms with Crippen molar-refractivity contribution in [3.05, 3.63) is 0 Å². The quantitative estimate of drug-likeness (QED) is 0.353. The number of aliphatic hydroxyl groups excluding tert-OH is 2. The Kier molecular flexibility index (Phi) is 16.7. The third-order valence-electron chi connectivity index (χ3n) is 1.67. The Morgan fingerprint density at radius 1 is 0.857 bits per heavy atom. The second-order valence-electron chi connectivity index (χ2n) is 3.23. The largest absolute Gasteiger partial charge is 2.00 e. The summed E-state index contributed by atoms with van der Waals surface area (Å²) in [4.78, 5) is 40.1. The molecule has 0 bridgehead atoms. The Labute approximate surface area is 149 Å². The SMILES string of the molecule is COC(=O)C(O)CC(=O)[O-].COC(=O)C(O)CC(=O)[O-].[Ca+2]. The van der Waals surface area contributed by atoms with Gasteiger partial charge in [-0.25, -0.2) is 9.59 Å². The molecule has 0 heterocycles. The van der Waals surface area contributed by atoms with Gasteiger partial charge in [-0.15, -0.1) is 0 Å². The molecule has 2 unspecified atom stereocenters. The number of aliphatic hydroxyl groups is 2. The van der Waals surface area contributed by atoms with Crippen LogP contribution >= 0.6 is 0 Å². The zero-order chi connectivity index (χ0) is 16.3. The van der Waals surface area contributed by atoms with Crippen LogP contribution in [0.4, 0.5) is 0 Å². The summed E-state index contributed by atoms with van der Waals surface area (Å²) in [6.45, 7) is 0. The van der Waals surface area contributed by atoms with Crippen LogP contribution in [0.25, 0.3) is 0 Å². The second-order valence-corrected chi connectivity index (χ2v) is 3.23. The molecule has 0 spiro atoms. The Bertz CT molecular complexity index is 322. The predicted molar refractivity (Wildman–Crippen MR) is 61.0 cm³/mol. The van der Waals surface area contributed by atoms with E-state index in [4.69, 9.17) is 10.2 Å². The van der Waals surface area contributed by atoms with E-state index in [1.54, 1.807) is 0 Å². The Hall–Kier alpha value is -0.940. The molecule has 0 saturated heterocycles. The monoisotopic (exact) mass is 334 g/mol. The second kappa shape index (κ2) is 14.0. The van der Waals surface area contributed by atoms with Crippen molar-refractivity contribution in [3.63, 3.8) is 0 Å². The third kappa shape index (κ3) is 15.3. The van der Waals surface area contributed by atoms with Crippen LogP contribution in [0.3, 0.4) is 0 Å². The first-order chi connectivity index (χ1) is 9.15. The topological polar surface area (TPSA) is 173 Å². The summed E-state index contributed by atoms with van der Waals surface area (Å²) in [5.74, 6) is -4.91. The van der Waals surface area contributed by atoms with Gasteiger partial charge >= 0.3 is 49.7 Å². The van der Waals surface area contributed by atoms with Gasteiger partial charge in [-0.05, 0) is 0 Å². The smallest absolute Gasteiger partial charge is 0.550 e. The van der Waals surface area contributed by atoms with Crippen LogP contribution in [-0.2, 0) is 28.7 Å². The molecule has 0 radical (unpaired) electrons. The zero-order valence-corrected chi connectivity index (χ0v) is 13.6. The Morgan fingerprint density at radius 3 is 1.24 bits per heavy atom. The third-order valence-corrected chi connectivity index (χ3v) is 1.67. The molecule has 0 fully saturated rings. The van der Waals surface area contributed by atoms with E-state index in [9.17, 15) is 29.4 Å². The fourth-order valence-corrected chi connectivity index (χ4v) is 0.754. The average Bonchev–Trinajstić information content (AvgIpc) is 2.35. The molecule has 0 aliphatic heterocycles. The molecule has 2 N–H and O–H groups in total. The number of carbonyl (C=O) groups is 4. The molecular formula is C10H14CaO10. The van der Waals surface area contributed by atoms with Gasteiger partial charge < -0.3 is 39.5 Å². The molecule has 116 valence electrons. The molecule has 21 heavy (non-hydrogen) atoms. The van der Waals surface area contributed by atoms with Gasteiger partial charge in [0, 0.05) is 24.8 Å². The van der Waals surface area contributed by atoms with E-state index in [-0.39, 0.29) is 37.7 Å². The maximum Gasteiger partial charge on any atom is 2.00 e. The maximum absolute atomic E-state index is 10.3. The van der Waals surface area contributed by atoms with Gasteiger partial charge in [0.1, 0.15) is 0 Å². The van der Waals surface area contributed by atoms with Crippen molar-refractivity contribution in [3.8, 4) is 0 Å². The van der Waals surface area contributed by atoms with Gasteiger partial charge in [0.2, 0.25) is 0 Å². The van der Waals surface area contributed by atoms with Gasteiger partial charge in [0.25, 0.3) is 0 Å². The van der Waals surface area contributed by atoms with E-state index < -0.39 is 48.9 Å². The fourth-order valence-electron chi connectivity index (χ4n) is 0.754. The van der Waals surface area contributed by atoms with Crippen LogP contribution < -0.4 is 10.2 Å².